The van der Waals surface area contributed by atoms with Gasteiger partial charge in [0.15, 0.2) is 0 Å². The zero-order chi connectivity index (χ0) is 26.5. The molecule has 0 radical (unpaired) electrons. The first-order valence-electron chi connectivity index (χ1n) is 13.1. The minimum Gasteiger partial charge on any atom is -0.497 e. The molecule has 2 heterocycles. The van der Waals surface area contributed by atoms with Crippen molar-refractivity contribution in [3.8, 4) is 11.5 Å². The van der Waals surface area contributed by atoms with Crippen LogP contribution in [0.15, 0.2) is 60.7 Å². The molecule has 8 nitrogen and oxygen atoms in total. The Labute approximate surface area is 223 Å². The molecule has 3 aromatic carbocycles. The van der Waals surface area contributed by atoms with E-state index in [0.29, 0.717) is 28.4 Å². The number of urea groups is 1. The van der Waals surface area contributed by atoms with Crippen LogP contribution in [0.4, 0.5) is 21.9 Å². The van der Waals surface area contributed by atoms with Gasteiger partial charge in [-0.2, -0.15) is 0 Å². The number of methoxy groups -OCH3 is 2. The minimum atomic E-state index is -0.420. The fraction of sp³-hybridized carbons (Fsp3) is 0.333. The number of piperidine rings is 1. The second-order valence-corrected chi connectivity index (χ2v) is 9.71. The molecule has 0 unspecified atom stereocenters. The number of amides is 3. The molecule has 0 atom stereocenters. The minimum absolute atomic E-state index is 0.0140. The number of hydrogen-bond donors (Lipinski definition) is 2. The number of rotatable bonds is 6. The van der Waals surface area contributed by atoms with Crippen LogP contribution < -0.4 is 25.0 Å². The largest absolute Gasteiger partial charge is 0.497 e. The van der Waals surface area contributed by atoms with Crippen LogP contribution in [0.25, 0.3) is 0 Å². The third-order valence-electron chi connectivity index (χ3n) is 7.21. The molecule has 0 aromatic heterocycles. The summed E-state index contributed by atoms with van der Waals surface area (Å²) in [5.74, 6) is 1.16. The van der Waals surface area contributed by atoms with Crippen molar-refractivity contribution in [2.45, 2.75) is 32.2 Å². The molecule has 38 heavy (non-hydrogen) atoms. The Bertz CT molecular complexity index is 1300. The Morgan fingerprint density at radius 3 is 2.16 bits per heavy atom. The first-order chi connectivity index (χ1) is 18.5. The van der Waals surface area contributed by atoms with Gasteiger partial charge in [-0.05, 0) is 55.0 Å². The highest BCUT2D eigenvalue weighted by atomic mass is 16.5. The number of nitrogens with one attached hydrogen (secondary N) is 2. The quantitative estimate of drug-likeness (QED) is 0.452. The van der Waals surface area contributed by atoms with E-state index < -0.39 is 6.03 Å². The van der Waals surface area contributed by atoms with E-state index in [-0.39, 0.29) is 5.91 Å². The summed E-state index contributed by atoms with van der Waals surface area (Å²) in [6, 6.07) is 18.8. The lowest BCUT2D eigenvalue weighted by Gasteiger charge is -2.34. The maximum Gasteiger partial charge on any atom is 0.323 e. The zero-order valence-corrected chi connectivity index (χ0v) is 22.0. The molecule has 1 fully saturated rings. The molecule has 5 rings (SSSR count). The van der Waals surface area contributed by atoms with E-state index in [9.17, 15) is 9.59 Å². The van der Waals surface area contributed by atoms with Gasteiger partial charge in [0.2, 0.25) is 0 Å². The average Bonchev–Trinajstić information content (AvgIpc) is 2.96. The van der Waals surface area contributed by atoms with Gasteiger partial charge in [-0.15, -0.1) is 0 Å². The fourth-order valence-corrected chi connectivity index (χ4v) is 5.20. The lowest BCUT2D eigenvalue weighted by atomic mass is 9.98. The first-order valence-corrected chi connectivity index (χ1v) is 13.1. The van der Waals surface area contributed by atoms with Crippen LogP contribution in [-0.4, -0.2) is 50.7 Å². The lowest BCUT2D eigenvalue weighted by Crippen LogP contribution is -2.38. The predicted molar refractivity (Wildman–Crippen MR) is 150 cm³/mol. The third-order valence-corrected chi connectivity index (χ3v) is 7.21. The lowest BCUT2D eigenvalue weighted by molar-refractivity contribution is 0.0725. The van der Waals surface area contributed by atoms with E-state index in [2.05, 4.69) is 39.8 Å². The number of carbonyl (C=O) groups excluding carboxylic acids is 2. The van der Waals surface area contributed by atoms with Gasteiger partial charge < -0.3 is 29.9 Å². The molecule has 1 saturated heterocycles. The standard InChI is InChI=1S/C30H34N4O4/c1-37-25-16-24(17-26(19-25)38-2)32-30(36)31-23-10-11-28(27(18-23)29(35)33-13-6-3-7-14-33)34-15-12-21-8-4-5-9-22(21)20-34/h4-5,8-11,16-19H,3,6-7,12-15,20H2,1-2H3,(H2,31,32,36). The van der Waals surface area contributed by atoms with Crippen molar-refractivity contribution < 1.29 is 19.1 Å². The number of hydrogen-bond acceptors (Lipinski definition) is 5. The van der Waals surface area contributed by atoms with Crippen LogP contribution in [-0.2, 0) is 13.0 Å². The number of benzene rings is 3. The van der Waals surface area contributed by atoms with Crippen molar-refractivity contribution in [1.82, 2.24) is 4.90 Å². The van der Waals surface area contributed by atoms with Crippen molar-refractivity contribution in [2.24, 2.45) is 0 Å². The Morgan fingerprint density at radius 1 is 0.763 bits per heavy atom. The molecule has 3 aromatic rings. The highest BCUT2D eigenvalue weighted by Gasteiger charge is 2.26. The highest BCUT2D eigenvalue weighted by molar-refractivity contribution is 6.04. The molecule has 3 amide bonds. The summed E-state index contributed by atoms with van der Waals surface area (Å²) in [7, 11) is 3.12. The Hall–Kier alpha value is -4.20. The summed E-state index contributed by atoms with van der Waals surface area (Å²) in [6.07, 6.45) is 4.11. The van der Waals surface area contributed by atoms with Crippen molar-refractivity contribution in [3.63, 3.8) is 0 Å². The molecule has 2 aliphatic rings. The van der Waals surface area contributed by atoms with Crippen molar-refractivity contribution in [1.29, 1.82) is 0 Å². The van der Waals surface area contributed by atoms with Gasteiger partial charge in [0.25, 0.3) is 5.91 Å². The van der Waals surface area contributed by atoms with Gasteiger partial charge in [-0.25, -0.2) is 4.79 Å². The number of anilines is 3. The molecule has 0 saturated carbocycles. The second kappa shape index (κ2) is 11.5. The number of nitrogens with zero attached hydrogens (tertiary/aromatic N) is 2. The first kappa shape index (κ1) is 25.4. The molecular formula is C30H34N4O4. The average molecular weight is 515 g/mol. The SMILES string of the molecule is COc1cc(NC(=O)Nc2ccc(N3CCc4ccccc4C3)c(C(=O)N3CCCCC3)c2)cc(OC)c1. The Kier molecular flexibility index (Phi) is 7.67. The van der Waals surface area contributed by atoms with E-state index in [1.807, 2.05) is 17.0 Å². The highest BCUT2D eigenvalue weighted by Crippen LogP contribution is 2.31. The molecule has 0 bridgehead atoms. The number of ether oxygens (including phenoxy) is 2. The summed E-state index contributed by atoms with van der Waals surface area (Å²) in [5.41, 5.74) is 5.25. The monoisotopic (exact) mass is 514 g/mol. The van der Waals surface area contributed by atoms with Gasteiger partial charge in [0.1, 0.15) is 11.5 Å². The number of carbonyl (C=O) groups is 2. The zero-order valence-electron chi connectivity index (χ0n) is 22.0. The summed E-state index contributed by atoms with van der Waals surface area (Å²) < 4.78 is 10.6. The number of fused-ring (bicyclic) bond motifs is 1. The molecule has 8 heteroatoms. The van der Waals surface area contributed by atoms with E-state index in [4.69, 9.17) is 9.47 Å². The van der Waals surface area contributed by atoms with Gasteiger partial charge >= 0.3 is 6.03 Å². The molecule has 0 spiro atoms. The smallest absolute Gasteiger partial charge is 0.323 e. The van der Waals surface area contributed by atoms with Crippen LogP contribution in [0.1, 0.15) is 40.7 Å². The summed E-state index contributed by atoms with van der Waals surface area (Å²) in [4.78, 5) is 30.8. The topological polar surface area (TPSA) is 83.1 Å². The van der Waals surface area contributed by atoms with E-state index in [1.54, 1.807) is 38.5 Å². The number of likely N-dealkylation sites (tertiary alicyclic amines) is 1. The molecular weight excluding hydrogens is 480 g/mol. The van der Waals surface area contributed by atoms with E-state index in [1.165, 1.54) is 11.1 Å². The van der Waals surface area contributed by atoms with Crippen LogP contribution in [0.3, 0.4) is 0 Å². The molecule has 0 aliphatic carbocycles. The molecule has 2 aliphatic heterocycles. The second-order valence-electron chi connectivity index (χ2n) is 9.71. The summed E-state index contributed by atoms with van der Waals surface area (Å²) >= 11 is 0. The predicted octanol–water partition coefficient (Wildman–Crippen LogP) is 5.54. The maximum absolute atomic E-state index is 13.7. The van der Waals surface area contributed by atoms with Crippen LogP contribution in [0.2, 0.25) is 0 Å². The van der Waals surface area contributed by atoms with Gasteiger partial charge in [0, 0.05) is 61.4 Å². The van der Waals surface area contributed by atoms with Gasteiger partial charge in [-0.1, -0.05) is 24.3 Å². The molecule has 2 N–H and O–H groups in total. The van der Waals surface area contributed by atoms with Crippen LogP contribution >= 0.6 is 0 Å². The third kappa shape index (κ3) is 5.69. The van der Waals surface area contributed by atoms with E-state index in [0.717, 1.165) is 57.5 Å². The van der Waals surface area contributed by atoms with Gasteiger partial charge in [-0.3, -0.25) is 4.79 Å². The van der Waals surface area contributed by atoms with Crippen LogP contribution in [0.5, 0.6) is 11.5 Å². The van der Waals surface area contributed by atoms with Crippen molar-refractivity contribution in [3.05, 3.63) is 77.4 Å². The Morgan fingerprint density at radius 2 is 1.45 bits per heavy atom. The summed E-state index contributed by atoms with van der Waals surface area (Å²) in [5, 5.41) is 5.71. The van der Waals surface area contributed by atoms with Gasteiger partial charge in [0.05, 0.1) is 19.8 Å². The summed E-state index contributed by atoms with van der Waals surface area (Å²) in [6.45, 7) is 3.11. The Balaban J connectivity index is 1.39. The van der Waals surface area contributed by atoms with E-state index >= 15 is 0 Å². The van der Waals surface area contributed by atoms with Crippen molar-refractivity contribution in [2.75, 3.05) is 49.4 Å². The maximum atomic E-state index is 13.7. The van der Waals surface area contributed by atoms with Crippen LogP contribution in [0, 0.1) is 0 Å². The molecule has 198 valence electrons. The van der Waals surface area contributed by atoms with Crippen molar-refractivity contribution >= 4 is 29.0 Å². The fourth-order valence-electron chi connectivity index (χ4n) is 5.20. The normalized spacial score (nSPS) is 14.9.